The van der Waals surface area contributed by atoms with Crippen molar-refractivity contribution in [1.29, 1.82) is 0 Å². The molecule has 0 aliphatic rings. The second-order valence-electron chi connectivity index (χ2n) is 4.00. The Bertz CT molecular complexity index is 252. The molecule has 0 fully saturated rings. The maximum Gasteiger partial charge on any atom is 0.312 e. The number of nitrogens with zero attached hydrogens (tertiary/aromatic N) is 1. The van der Waals surface area contributed by atoms with Crippen LogP contribution in [0, 0.1) is 5.92 Å². The first kappa shape index (κ1) is 15.7. The molecule has 0 saturated heterocycles. The summed E-state index contributed by atoms with van der Waals surface area (Å²) in [5.41, 5.74) is 5.00. The second-order valence-corrected chi connectivity index (χ2v) is 4.00. The van der Waals surface area contributed by atoms with E-state index in [2.05, 4.69) is 5.32 Å². The topological polar surface area (TPSA) is 116 Å². The molecule has 3 amide bonds. The zero-order valence-corrected chi connectivity index (χ0v) is 10.2. The highest BCUT2D eigenvalue weighted by molar-refractivity contribution is 5.86. The Morgan fingerprint density at radius 3 is 2.00 bits per heavy atom. The molecule has 0 aliphatic carbocycles. The molecule has 0 aromatic carbocycles. The van der Waals surface area contributed by atoms with E-state index in [1.165, 1.54) is 4.90 Å². The highest BCUT2D eigenvalue weighted by Crippen LogP contribution is 2.06. The van der Waals surface area contributed by atoms with Gasteiger partial charge in [0.2, 0.25) is 5.91 Å². The monoisotopic (exact) mass is 247 g/mol. The first-order valence-electron chi connectivity index (χ1n) is 5.50. The third-order valence-electron chi connectivity index (χ3n) is 2.28. The molecule has 0 spiro atoms. The van der Waals surface area contributed by atoms with Gasteiger partial charge in [-0.2, -0.15) is 0 Å². The number of hydrogen-bond acceptors (Lipinski definition) is 4. The van der Waals surface area contributed by atoms with Crippen molar-refractivity contribution in [3.8, 4) is 0 Å². The first-order chi connectivity index (χ1) is 7.93. The number of aliphatic hydroxyl groups excluding tert-OH is 2. The lowest BCUT2D eigenvalue weighted by molar-refractivity contribution is -0.135. The van der Waals surface area contributed by atoms with Gasteiger partial charge in [0.15, 0.2) is 0 Å². The zero-order valence-electron chi connectivity index (χ0n) is 10.2. The van der Waals surface area contributed by atoms with E-state index in [4.69, 9.17) is 15.9 Å². The predicted octanol–water partition coefficient (Wildman–Crippen LogP) is -1.51. The number of hydrogen-bond donors (Lipinski definition) is 4. The molecule has 0 saturated carbocycles. The van der Waals surface area contributed by atoms with E-state index in [-0.39, 0.29) is 38.1 Å². The van der Waals surface area contributed by atoms with Crippen molar-refractivity contribution in [3.63, 3.8) is 0 Å². The van der Waals surface area contributed by atoms with Gasteiger partial charge in [0.1, 0.15) is 6.04 Å². The Morgan fingerprint density at radius 1 is 1.24 bits per heavy atom. The fourth-order valence-electron chi connectivity index (χ4n) is 1.44. The molecular formula is C10H21N3O4. The number of urea groups is 1. The summed E-state index contributed by atoms with van der Waals surface area (Å²) < 4.78 is 0. The van der Waals surface area contributed by atoms with E-state index in [9.17, 15) is 9.59 Å². The highest BCUT2D eigenvalue weighted by atomic mass is 16.3. The van der Waals surface area contributed by atoms with Crippen LogP contribution in [0.4, 0.5) is 4.79 Å². The summed E-state index contributed by atoms with van der Waals surface area (Å²) >= 11 is 0. The molecule has 0 aliphatic heterocycles. The van der Waals surface area contributed by atoms with Crippen molar-refractivity contribution in [2.45, 2.75) is 19.9 Å². The van der Waals surface area contributed by atoms with Gasteiger partial charge in [-0.15, -0.1) is 0 Å². The molecule has 7 nitrogen and oxygen atoms in total. The summed E-state index contributed by atoms with van der Waals surface area (Å²) in [6, 6.07) is -1.52. The maximum atomic E-state index is 12.0. The van der Waals surface area contributed by atoms with Crippen LogP contribution >= 0.6 is 0 Å². The third-order valence-corrected chi connectivity index (χ3v) is 2.28. The molecule has 0 rings (SSSR count). The predicted molar refractivity (Wildman–Crippen MR) is 62.1 cm³/mol. The lowest BCUT2D eigenvalue weighted by Gasteiger charge is -2.28. The lowest BCUT2D eigenvalue weighted by Crippen LogP contribution is -2.53. The van der Waals surface area contributed by atoms with E-state index in [0.717, 1.165) is 0 Å². The molecule has 1 atom stereocenters. The van der Waals surface area contributed by atoms with Crippen LogP contribution < -0.4 is 11.1 Å². The molecule has 7 heteroatoms. The van der Waals surface area contributed by atoms with Gasteiger partial charge in [-0.1, -0.05) is 13.8 Å². The van der Waals surface area contributed by atoms with E-state index < -0.39 is 12.1 Å². The summed E-state index contributed by atoms with van der Waals surface area (Å²) in [6.45, 7) is 3.37. The van der Waals surface area contributed by atoms with Gasteiger partial charge in [-0.05, 0) is 5.92 Å². The molecule has 100 valence electrons. The summed E-state index contributed by atoms with van der Waals surface area (Å²) in [4.78, 5) is 24.1. The Morgan fingerprint density at radius 2 is 1.71 bits per heavy atom. The van der Waals surface area contributed by atoms with Crippen LogP contribution in [-0.2, 0) is 4.79 Å². The normalized spacial score (nSPS) is 12.3. The van der Waals surface area contributed by atoms with Crippen molar-refractivity contribution in [2.75, 3.05) is 26.3 Å². The number of aliphatic hydroxyl groups is 2. The molecule has 5 N–H and O–H groups in total. The fourth-order valence-corrected chi connectivity index (χ4v) is 1.44. The van der Waals surface area contributed by atoms with Crippen LogP contribution in [0.15, 0.2) is 0 Å². The summed E-state index contributed by atoms with van der Waals surface area (Å²) in [7, 11) is 0. The van der Waals surface area contributed by atoms with E-state index in [0.29, 0.717) is 0 Å². The van der Waals surface area contributed by atoms with Gasteiger partial charge in [-0.3, -0.25) is 4.79 Å². The Kier molecular flexibility index (Phi) is 7.24. The molecule has 0 heterocycles. The molecule has 1 unspecified atom stereocenters. The Hall–Kier alpha value is -1.34. The maximum absolute atomic E-state index is 12.0. The Balaban J connectivity index is 4.70. The molecule has 0 bridgehead atoms. The second kappa shape index (κ2) is 7.86. The van der Waals surface area contributed by atoms with Crippen LogP contribution in [0.2, 0.25) is 0 Å². The van der Waals surface area contributed by atoms with Gasteiger partial charge in [0.05, 0.1) is 13.2 Å². The Labute approximate surface area is 101 Å². The van der Waals surface area contributed by atoms with E-state index >= 15 is 0 Å². The number of carbonyl (C=O) groups is 2. The van der Waals surface area contributed by atoms with Gasteiger partial charge in [-0.25, -0.2) is 4.79 Å². The highest BCUT2D eigenvalue weighted by Gasteiger charge is 2.27. The van der Waals surface area contributed by atoms with Crippen molar-refractivity contribution in [1.82, 2.24) is 10.2 Å². The minimum Gasteiger partial charge on any atom is -0.395 e. The molecule has 0 aromatic heterocycles. The van der Waals surface area contributed by atoms with Crippen molar-refractivity contribution >= 4 is 11.9 Å². The minimum absolute atomic E-state index is 0.114. The van der Waals surface area contributed by atoms with Crippen molar-refractivity contribution < 1.29 is 19.8 Å². The lowest BCUT2D eigenvalue weighted by atomic mass is 10.0. The number of rotatable bonds is 7. The zero-order chi connectivity index (χ0) is 13.4. The van der Waals surface area contributed by atoms with Gasteiger partial charge in [0, 0.05) is 13.1 Å². The van der Waals surface area contributed by atoms with Crippen LogP contribution in [0.3, 0.4) is 0 Å². The number of nitrogens with one attached hydrogen (secondary N) is 1. The smallest absolute Gasteiger partial charge is 0.312 e. The van der Waals surface area contributed by atoms with Gasteiger partial charge >= 0.3 is 6.03 Å². The molecular weight excluding hydrogens is 226 g/mol. The van der Waals surface area contributed by atoms with Crippen LogP contribution in [-0.4, -0.2) is 59.4 Å². The van der Waals surface area contributed by atoms with E-state index in [1.807, 2.05) is 0 Å². The third kappa shape index (κ3) is 5.50. The van der Waals surface area contributed by atoms with Crippen molar-refractivity contribution in [2.24, 2.45) is 11.7 Å². The summed E-state index contributed by atoms with van der Waals surface area (Å²) in [5, 5.41) is 20.0. The summed E-state index contributed by atoms with van der Waals surface area (Å²) in [5.74, 6) is -0.489. The molecule has 0 aromatic rings. The van der Waals surface area contributed by atoms with Crippen LogP contribution in [0.5, 0.6) is 0 Å². The number of amides is 3. The SMILES string of the molecule is CC(C)C(NC(N)=O)C(=O)N(CCO)CCO. The fraction of sp³-hybridized carbons (Fsp3) is 0.800. The number of primary amides is 1. The van der Waals surface area contributed by atoms with Gasteiger partial charge in [0.25, 0.3) is 0 Å². The average Bonchev–Trinajstić information content (AvgIpc) is 2.24. The summed E-state index contributed by atoms with van der Waals surface area (Å²) in [6.07, 6.45) is 0. The van der Waals surface area contributed by atoms with E-state index in [1.54, 1.807) is 13.8 Å². The first-order valence-corrected chi connectivity index (χ1v) is 5.50. The number of nitrogens with two attached hydrogens (primary N) is 1. The largest absolute Gasteiger partial charge is 0.395 e. The van der Waals surface area contributed by atoms with Crippen molar-refractivity contribution in [3.05, 3.63) is 0 Å². The average molecular weight is 247 g/mol. The van der Waals surface area contributed by atoms with Gasteiger partial charge < -0.3 is 26.2 Å². The molecule has 0 radical (unpaired) electrons. The number of carbonyl (C=O) groups excluding carboxylic acids is 2. The molecule has 17 heavy (non-hydrogen) atoms. The quantitative estimate of drug-likeness (QED) is 0.438. The van der Waals surface area contributed by atoms with Crippen LogP contribution in [0.25, 0.3) is 0 Å². The minimum atomic E-state index is -0.773. The standard InChI is InChI=1S/C10H21N3O4/c1-7(2)8(12-10(11)17)9(16)13(3-5-14)4-6-15/h7-8,14-15H,3-6H2,1-2H3,(H3,11,12,17). The van der Waals surface area contributed by atoms with Crippen LogP contribution in [0.1, 0.15) is 13.8 Å².